The summed E-state index contributed by atoms with van der Waals surface area (Å²) in [6, 6.07) is 0. The van der Waals surface area contributed by atoms with E-state index in [-0.39, 0.29) is 0 Å². The largest absolute Gasteiger partial charge is 0.547 e. The van der Waals surface area contributed by atoms with Gasteiger partial charge in [-0.3, -0.25) is 0 Å². The van der Waals surface area contributed by atoms with E-state index in [1.165, 1.54) is 64.5 Å². The molecule has 1 aromatic heterocycles. The third kappa shape index (κ3) is 12.8. The predicted molar refractivity (Wildman–Crippen MR) is 89.6 cm³/mol. The van der Waals surface area contributed by atoms with Crippen molar-refractivity contribution < 1.29 is 19.6 Å². The number of carboxylic acid groups (broad SMARTS) is 1. The Morgan fingerprint density at radius 1 is 1.13 bits per heavy atom. The van der Waals surface area contributed by atoms with Crippen molar-refractivity contribution in [3.63, 3.8) is 0 Å². The van der Waals surface area contributed by atoms with Gasteiger partial charge in [0.05, 0.1) is 25.2 Å². The number of aliphatic hydroxyl groups excluding tert-OH is 1. The van der Waals surface area contributed by atoms with E-state index in [0.29, 0.717) is 0 Å². The van der Waals surface area contributed by atoms with Crippen molar-refractivity contribution in [2.75, 3.05) is 0 Å². The Morgan fingerprint density at radius 2 is 1.70 bits per heavy atom. The summed E-state index contributed by atoms with van der Waals surface area (Å²) in [6.07, 6.45) is 16.2. The second kappa shape index (κ2) is 14.2. The first kappa shape index (κ1) is 21.6. The summed E-state index contributed by atoms with van der Waals surface area (Å²) in [5.41, 5.74) is 0. The Hall–Kier alpha value is -1.36. The number of imidazole rings is 1. The maximum atomic E-state index is 9.34. The molecular weight excluding hydrogens is 292 g/mol. The van der Waals surface area contributed by atoms with Crippen molar-refractivity contribution in [3.8, 4) is 0 Å². The standard InChI is InChI=1S/C15H29N2.C3H6O3/c1-3-5-7-8-9-10-12-17-14-13-16(15-17)11-6-4-2;1-2(4)3(5)6/h13-15H,3-12H2,1-2H3;2,4H,1H3,(H,5,6)/q+1;/p-1. The summed E-state index contributed by atoms with van der Waals surface area (Å²) in [6.45, 7) is 8.00. The smallest absolute Gasteiger partial charge is 0.243 e. The SMILES string of the molecule is CC(O)C(=O)[O-].CCCCCCCC[n+]1ccn(CCCC)c1. The number of aromatic nitrogens is 2. The number of hydrogen-bond donors (Lipinski definition) is 1. The van der Waals surface area contributed by atoms with Gasteiger partial charge in [0.2, 0.25) is 6.33 Å². The van der Waals surface area contributed by atoms with E-state index in [9.17, 15) is 9.90 Å². The molecule has 1 N–H and O–H groups in total. The first-order valence-corrected chi connectivity index (χ1v) is 8.95. The van der Waals surface area contributed by atoms with E-state index in [0.717, 1.165) is 6.92 Å². The van der Waals surface area contributed by atoms with Gasteiger partial charge in [-0.05, 0) is 26.2 Å². The average Bonchev–Trinajstić information content (AvgIpc) is 2.97. The van der Waals surface area contributed by atoms with E-state index in [1.54, 1.807) is 0 Å². The zero-order valence-electron chi connectivity index (χ0n) is 15.0. The van der Waals surface area contributed by atoms with Gasteiger partial charge in [0, 0.05) is 0 Å². The van der Waals surface area contributed by atoms with Crippen LogP contribution in [-0.4, -0.2) is 21.7 Å². The Morgan fingerprint density at radius 3 is 2.26 bits per heavy atom. The minimum Gasteiger partial charge on any atom is -0.547 e. The fourth-order valence-corrected chi connectivity index (χ4v) is 2.12. The van der Waals surface area contributed by atoms with Gasteiger partial charge < -0.3 is 15.0 Å². The quantitative estimate of drug-likeness (QED) is 0.500. The van der Waals surface area contributed by atoms with Crippen LogP contribution in [0.1, 0.15) is 72.1 Å². The van der Waals surface area contributed by atoms with Crippen molar-refractivity contribution in [1.29, 1.82) is 0 Å². The molecular formula is C18H34N2O3. The van der Waals surface area contributed by atoms with Gasteiger partial charge in [-0.2, -0.15) is 0 Å². The highest BCUT2D eigenvalue weighted by molar-refractivity contribution is 5.68. The minimum absolute atomic E-state index is 1.13. The highest BCUT2D eigenvalue weighted by Crippen LogP contribution is 2.04. The van der Waals surface area contributed by atoms with Gasteiger partial charge in [0.15, 0.2) is 0 Å². The van der Waals surface area contributed by atoms with Gasteiger partial charge >= 0.3 is 0 Å². The molecule has 0 aliphatic rings. The summed E-state index contributed by atoms with van der Waals surface area (Å²) in [5.74, 6) is -1.44. The molecule has 5 nitrogen and oxygen atoms in total. The number of aliphatic hydroxyl groups is 1. The van der Waals surface area contributed by atoms with Crippen molar-refractivity contribution in [3.05, 3.63) is 18.7 Å². The summed E-state index contributed by atoms with van der Waals surface area (Å²) in [7, 11) is 0. The molecule has 5 heteroatoms. The van der Waals surface area contributed by atoms with Gasteiger partial charge in [-0.25, -0.2) is 9.13 Å². The fraction of sp³-hybridized carbons (Fsp3) is 0.778. The molecule has 0 aliphatic heterocycles. The Bertz CT molecular complexity index is 403. The molecule has 0 aliphatic carbocycles. The summed E-state index contributed by atoms with van der Waals surface area (Å²) < 4.78 is 4.63. The minimum atomic E-state index is -1.44. The number of unbranched alkanes of at least 4 members (excludes halogenated alkanes) is 6. The Kier molecular flexibility index (Phi) is 13.4. The molecule has 1 aromatic rings. The highest BCUT2D eigenvalue weighted by Gasteiger charge is 2.02. The third-order valence-corrected chi connectivity index (χ3v) is 3.63. The molecule has 0 fully saturated rings. The zero-order chi connectivity index (χ0) is 17.5. The molecule has 0 saturated heterocycles. The number of carbonyl (C=O) groups excluding carboxylic acids is 1. The Balaban J connectivity index is 0.000000688. The van der Waals surface area contributed by atoms with Gasteiger partial charge in [-0.15, -0.1) is 0 Å². The Labute approximate surface area is 141 Å². The zero-order valence-corrected chi connectivity index (χ0v) is 15.0. The van der Waals surface area contributed by atoms with Crippen LogP contribution in [0.2, 0.25) is 0 Å². The summed E-state index contributed by atoms with van der Waals surface area (Å²) in [4.78, 5) is 9.34. The van der Waals surface area contributed by atoms with Gasteiger partial charge in [0.1, 0.15) is 12.4 Å². The number of carbonyl (C=O) groups is 1. The highest BCUT2D eigenvalue weighted by atomic mass is 16.4. The van der Waals surface area contributed by atoms with Crippen LogP contribution in [0.4, 0.5) is 0 Å². The van der Waals surface area contributed by atoms with E-state index in [1.807, 2.05) is 0 Å². The molecule has 0 spiro atoms. The second-order valence-corrected chi connectivity index (χ2v) is 6.01. The number of nitrogens with zero attached hydrogens (tertiary/aromatic N) is 2. The van der Waals surface area contributed by atoms with Crippen LogP contribution in [0.15, 0.2) is 18.7 Å². The number of rotatable bonds is 11. The molecule has 0 saturated carbocycles. The first-order chi connectivity index (χ1) is 11.0. The maximum Gasteiger partial charge on any atom is 0.243 e. The van der Waals surface area contributed by atoms with Crippen LogP contribution in [0.25, 0.3) is 0 Å². The molecule has 134 valence electrons. The molecule has 1 heterocycles. The molecule has 1 rings (SSSR count). The molecule has 23 heavy (non-hydrogen) atoms. The van der Waals surface area contributed by atoms with Crippen LogP contribution in [0.5, 0.6) is 0 Å². The first-order valence-electron chi connectivity index (χ1n) is 8.95. The molecule has 1 atom stereocenters. The van der Waals surface area contributed by atoms with Gasteiger partial charge in [0.25, 0.3) is 0 Å². The molecule has 0 amide bonds. The van der Waals surface area contributed by atoms with Crippen LogP contribution >= 0.6 is 0 Å². The number of carboxylic acids is 1. The van der Waals surface area contributed by atoms with Crippen LogP contribution in [0, 0.1) is 0 Å². The topological polar surface area (TPSA) is 69.2 Å². The number of aliphatic carboxylic acids is 1. The summed E-state index contributed by atoms with van der Waals surface area (Å²) >= 11 is 0. The van der Waals surface area contributed by atoms with Crippen molar-refractivity contribution in [2.24, 2.45) is 0 Å². The van der Waals surface area contributed by atoms with Crippen LogP contribution in [-0.2, 0) is 17.9 Å². The van der Waals surface area contributed by atoms with E-state index >= 15 is 0 Å². The summed E-state index contributed by atoms with van der Waals surface area (Å²) in [5, 5.41) is 17.3. The lowest BCUT2D eigenvalue weighted by atomic mass is 10.1. The number of hydrogen-bond acceptors (Lipinski definition) is 3. The van der Waals surface area contributed by atoms with Gasteiger partial charge in [-0.1, -0.05) is 46.0 Å². The van der Waals surface area contributed by atoms with Crippen LogP contribution < -0.4 is 9.67 Å². The normalized spacial score (nSPS) is 11.7. The lowest BCUT2D eigenvalue weighted by Crippen LogP contribution is -2.32. The van der Waals surface area contributed by atoms with Crippen LogP contribution in [0.3, 0.4) is 0 Å². The van der Waals surface area contributed by atoms with Crippen molar-refractivity contribution >= 4 is 5.97 Å². The third-order valence-electron chi connectivity index (χ3n) is 3.63. The molecule has 0 aromatic carbocycles. The molecule has 0 bridgehead atoms. The number of aryl methyl sites for hydroxylation is 2. The fourth-order valence-electron chi connectivity index (χ4n) is 2.12. The lowest BCUT2D eigenvalue weighted by Gasteiger charge is -2.00. The predicted octanol–water partition coefficient (Wildman–Crippen LogP) is 2.05. The average molecular weight is 326 g/mol. The molecule has 0 radical (unpaired) electrons. The maximum absolute atomic E-state index is 9.34. The lowest BCUT2D eigenvalue weighted by molar-refractivity contribution is -0.696. The van der Waals surface area contributed by atoms with E-state index < -0.39 is 12.1 Å². The van der Waals surface area contributed by atoms with Crippen molar-refractivity contribution in [1.82, 2.24) is 4.57 Å². The monoisotopic (exact) mass is 326 g/mol. The second-order valence-electron chi connectivity index (χ2n) is 6.01. The van der Waals surface area contributed by atoms with E-state index in [2.05, 4.69) is 41.7 Å². The van der Waals surface area contributed by atoms with E-state index in [4.69, 9.17) is 5.11 Å². The molecule has 1 unspecified atom stereocenters. The van der Waals surface area contributed by atoms with Crippen molar-refractivity contribution in [2.45, 2.75) is 91.3 Å².